The zero-order chi connectivity index (χ0) is 15.7. The number of fused-ring (bicyclic) bond motifs is 1. The molecule has 1 heterocycles. The maximum Gasteiger partial charge on any atom is 0.205 e. The standard InChI is InChI=1S/C17H13BrFNO2/c1-10(22-16-7-6-11(18)8-14(16)19)17(21)13-9-20-15-5-3-2-4-12(13)15/h2-10,20H,1H3. The number of hydrogen-bond donors (Lipinski definition) is 1. The number of aromatic nitrogens is 1. The number of H-pyrrole nitrogens is 1. The van der Waals surface area contributed by atoms with Crippen LogP contribution in [-0.4, -0.2) is 16.9 Å². The van der Waals surface area contributed by atoms with Crippen LogP contribution in [0, 0.1) is 5.82 Å². The minimum atomic E-state index is -0.783. The first-order chi connectivity index (χ1) is 10.6. The van der Waals surface area contributed by atoms with Gasteiger partial charge in [-0.2, -0.15) is 0 Å². The molecule has 1 atom stereocenters. The highest BCUT2D eigenvalue weighted by Gasteiger charge is 2.21. The van der Waals surface area contributed by atoms with Crippen molar-refractivity contribution in [3.8, 4) is 5.75 Å². The number of hydrogen-bond acceptors (Lipinski definition) is 2. The topological polar surface area (TPSA) is 42.1 Å². The fraction of sp³-hybridized carbons (Fsp3) is 0.118. The molecule has 0 aliphatic heterocycles. The quantitative estimate of drug-likeness (QED) is 0.683. The van der Waals surface area contributed by atoms with E-state index in [-0.39, 0.29) is 11.5 Å². The summed E-state index contributed by atoms with van der Waals surface area (Å²) in [6, 6.07) is 12.0. The van der Waals surface area contributed by atoms with Gasteiger partial charge in [0.05, 0.1) is 0 Å². The lowest BCUT2D eigenvalue weighted by molar-refractivity contribution is 0.0814. The molecule has 0 bridgehead atoms. The van der Waals surface area contributed by atoms with E-state index in [0.29, 0.717) is 10.0 Å². The molecular weight excluding hydrogens is 349 g/mol. The van der Waals surface area contributed by atoms with Crippen LogP contribution in [0.4, 0.5) is 4.39 Å². The molecule has 0 amide bonds. The Hall–Kier alpha value is -2.14. The minimum absolute atomic E-state index is 0.0592. The van der Waals surface area contributed by atoms with Crippen LogP contribution in [0.1, 0.15) is 17.3 Å². The van der Waals surface area contributed by atoms with Gasteiger partial charge in [-0.05, 0) is 31.2 Å². The molecule has 1 N–H and O–H groups in total. The van der Waals surface area contributed by atoms with E-state index in [1.165, 1.54) is 12.1 Å². The van der Waals surface area contributed by atoms with Gasteiger partial charge in [0, 0.05) is 27.1 Å². The Bertz CT molecular complexity index is 844. The highest BCUT2D eigenvalue weighted by atomic mass is 79.9. The van der Waals surface area contributed by atoms with Crippen LogP contribution in [0.2, 0.25) is 0 Å². The fourth-order valence-electron chi connectivity index (χ4n) is 2.31. The Balaban J connectivity index is 1.85. The first-order valence-electron chi connectivity index (χ1n) is 6.78. The second-order valence-electron chi connectivity index (χ2n) is 4.95. The van der Waals surface area contributed by atoms with E-state index >= 15 is 0 Å². The number of aromatic amines is 1. The van der Waals surface area contributed by atoms with Gasteiger partial charge in [-0.25, -0.2) is 4.39 Å². The monoisotopic (exact) mass is 361 g/mol. The van der Waals surface area contributed by atoms with Crippen molar-refractivity contribution in [3.05, 3.63) is 64.5 Å². The largest absolute Gasteiger partial charge is 0.479 e. The van der Waals surface area contributed by atoms with Gasteiger partial charge >= 0.3 is 0 Å². The third kappa shape index (κ3) is 2.76. The Kier molecular flexibility index (Phi) is 3.98. The number of Topliss-reactive ketones (excluding diaryl/α,β-unsaturated/α-hetero) is 1. The molecule has 3 nitrogen and oxygen atoms in total. The van der Waals surface area contributed by atoms with Crippen LogP contribution in [0.15, 0.2) is 53.1 Å². The van der Waals surface area contributed by atoms with Gasteiger partial charge in [0.2, 0.25) is 5.78 Å². The molecule has 1 unspecified atom stereocenters. The smallest absolute Gasteiger partial charge is 0.205 e. The molecule has 0 radical (unpaired) electrons. The number of nitrogens with one attached hydrogen (secondary N) is 1. The maximum absolute atomic E-state index is 13.8. The average Bonchev–Trinajstić information content (AvgIpc) is 2.93. The number of halogens is 2. The van der Waals surface area contributed by atoms with Gasteiger partial charge in [-0.1, -0.05) is 34.1 Å². The summed E-state index contributed by atoms with van der Waals surface area (Å²) in [5.41, 5.74) is 1.42. The summed E-state index contributed by atoms with van der Waals surface area (Å²) in [6.07, 6.45) is 0.875. The second kappa shape index (κ2) is 5.93. The summed E-state index contributed by atoms with van der Waals surface area (Å²) >= 11 is 3.18. The lowest BCUT2D eigenvalue weighted by Crippen LogP contribution is -2.24. The van der Waals surface area contributed by atoms with E-state index in [2.05, 4.69) is 20.9 Å². The van der Waals surface area contributed by atoms with Crippen molar-refractivity contribution in [2.24, 2.45) is 0 Å². The molecule has 2 aromatic carbocycles. The summed E-state index contributed by atoms with van der Waals surface area (Å²) in [5.74, 6) is -0.642. The Morgan fingerprint density at radius 2 is 2.05 bits per heavy atom. The predicted molar refractivity (Wildman–Crippen MR) is 86.8 cm³/mol. The maximum atomic E-state index is 13.8. The van der Waals surface area contributed by atoms with E-state index in [1.807, 2.05) is 24.3 Å². The van der Waals surface area contributed by atoms with Crippen molar-refractivity contribution < 1.29 is 13.9 Å². The summed E-state index contributed by atoms with van der Waals surface area (Å²) in [7, 11) is 0. The normalized spacial score (nSPS) is 12.3. The first-order valence-corrected chi connectivity index (χ1v) is 7.57. The molecule has 0 saturated heterocycles. The second-order valence-corrected chi connectivity index (χ2v) is 5.86. The third-order valence-corrected chi connectivity index (χ3v) is 3.91. The van der Waals surface area contributed by atoms with Crippen LogP contribution in [0.5, 0.6) is 5.75 Å². The van der Waals surface area contributed by atoms with E-state index in [9.17, 15) is 9.18 Å². The number of rotatable bonds is 4. The number of benzene rings is 2. The third-order valence-electron chi connectivity index (χ3n) is 3.42. The van der Waals surface area contributed by atoms with Crippen molar-refractivity contribution in [1.29, 1.82) is 0 Å². The first kappa shape index (κ1) is 14.8. The summed E-state index contributed by atoms with van der Waals surface area (Å²) in [5, 5.41) is 0.833. The van der Waals surface area contributed by atoms with Gasteiger partial charge in [0.15, 0.2) is 17.7 Å². The highest BCUT2D eigenvalue weighted by molar-refractivity contribution is 9.10. The molecule has 0 fully saturated rings. The molecule has 22 heavy (non-hydrogen) atoms. The number of ketones is 1. The number of ether oxygens (including phenoxy) is 1. The van der Waals surface area contributed by atoms with Crippen LogP contribution < -0.4 is 4.74 Å². The van der Waals surface area contributed by atoms with Gasteiger partial charge in [-0.15, -0.1) is 0 Å². The molecule has 0 aliphatic carbocycles. The summed E-state index contributed by atoms with van der Waals surface area (Å²) in [6.45, 7) is 1.62. The van der Waals surface area contributed by atoms with Crippen LogP contribution in [-0.2, 0) is 0 Å². The summed E-state index contributed by atoms with van der Waals surface area (Å²) < 4.78 is 19.9. The molecule has 5 heteroatoms. The molecule has 112 valence electrons. The Morgan fingerprint density at radius 3 is 2.82 bits per heavy atom. The highest BCUT2D eigenvalue weighted by Crippen LogP contribution is 2.24. The molecule has 0 saturated carbocycles. The van der Waals surface area contributed by atoms with E-state index in [0.717, 1.165) is 10.9 Å². The van der Waals surface area contributed by atoms with E-state index in [4.69, 9.17) is 4.74 Å². The van der Waals surface area contributed by atoms with Gasteiger partial charge < -0.3 is 9.72 Å². The minimum Gasteiger partial charge on any atom is -0.479 e. The van der Waals surface area contributed by atoms with Crippen LogP contribution in [0.3, 0.4) is 0 Å². The molecule has 0 spiro atoms. The SMILES string of the molecule is CC(Oc1ccc(Br)cc1F)C(=O)c1c[nH]c2ccccc12. The summed E-state index contributed by atoms with van der Waals surface area (Å²) in [4.78, 5) is 15.6. The zero-order valence-electron chi connectivity index (χ0n) is 11.8. The Morgan fingerprint density at radius 1 is 1.27 bits per heavy atom. The molecule has 3 aromatic rings. The van der Waals surface area contributed by atoms with Crippen molar-refractivity contribution in [1.82, 2.24) is 4.98 Å². The predicted octanol–water partition coefficient (Wildman–Crippen LogP) is 4.72. The van der Waals surface area contributed by atoms with Crippen molar-refractivity contribution >= 4 is 32.6 Å². The van der Waals surface area contributed by atoms with Gasteiger partial charge in [0.25, 0.3) is 0 Å². The lowest BCUT2D eigenvalue weighted by Gasteiger charge is -2.14. The molecule has 1 aromatic heterocycles. The molecule has 3 rings (SSSR count). The fourth-order valence-corrected chi connectivity index (χ4v) is 2.64. The lowest BCUT2D eigenvalue weighted by atomic mass is 10.1. The van der Waals surface area contributed by atoms with E-state index < -0.39 is 11.9 Å². The number of para-hydroxylation sites is 1. The number of carbonyl (C=O) groups excluding carboxylic acids is 1. The van der Waals surface area contributed by atoms with Crippen molar-refractivity contribution in [2.75, 3.05) is 0 Å². The van der Waals surface area contributed by atoms with Crippen LogP contribution in [0.25, 0.3) is 10.9 Å². The van der Waals surface area contributed by atoms with Crippen LogP contribution >= 0.6 is 15.9 Å². The van der Waals surface area contributed by atoms with Crippen molar-refractivity contribution in [3.63, 3.8) is 0 Å². The zero-order valence-corrected chi connectivity index (χ0v) is 13.4. The average molecular weight is 362 g/mol. The Labute approximate surface area is 135 Å². The molecule has 0 aliphatic rings. The molecular formula is C17H13BrFNO2. The van der Waals surface area contributed by atoms with Gasteiger partial charge in [0.1, 0.15) is 0 Å². The van der Waals surface area contributed by atoms with Crippen molar-refractivity contribution in [2.45, 2.75) is 13.0 Å². The van der Waals surface area contributed by atoms with E-state index in [1.54, 1.807) is 19.2 Å². The van der Waals surface area contributed by atoms with Gasteiger partial charge in [-0.3, -0.25) is 4.79 Å². The number of carbonyl (C=O) groups is 1.